The van der Waals surface area contributed by atoms with E-state index in [9.17, 15) is 0 Å². The molecule has 0 radical (unpaired) electrons. The third-order valence-electron chi connectivity index (χ3n) is 8.44. The van der Waals surface area contributed by atoms with Gasteiger partial charge in [-0.2, -0.15) is 0 Å². The maximum atomic E-state index is 6.17. The van der Waals surface area contributed by atoms with Crippen LogP contribution in [0.3, 0.4) is 0 Å². The summed E-state index contributed by atoms with van der Waals surface area (Å²) in [6.45, 7) is 1.85. The van der Waals surface area contributed by atoms with E-state index in [1.54, 1.807) is 28.4 Å². The highest BCUT2D eigenvalue weighted by atomic mass is 16.5. The molecule has 0 bridgehead atoms. The molecule has 0 spiro atoms. The lowest BCUT2D eigenvalue weighted by molar-refractivity contribution is 0.352. The van der Waals surface area contributed by atoms with E-state index >= 15 is 0 Å². The van der Waals surface area contributed by atoms with Crippen LogP contribution >= 0.6 is 0 Å². The predicted molar refractivity (Wildman–Crippen MR) is 166 cm³/mol. The lowest BCUT2D eigenvalue weighted by Crippen LogP contribution is -2.31. The number of benzene rings is 3. The van der Waals surface area contributed by atoms with E-state index < -0.39 is 0 Å². The van der Waals surface area contributed by atoms with Crippen LogP contribution in [0.5, 0.6) is 34.6 Å². The van der Waals surface area contributed by atoms with Gasteiger partial charge in [-0.3, -0.25) is 0 Å². The van der Waals surface area contributed by atoms with Crippen molar-refractivity contribution in [3.8, 4) is 34.6 Å². The van der Waals surface area contributed by atoms with E-state index in [2.05, 4.69) is 58.1 Å². The van der Waals surface area contributed by atoms with Gasteiger partial charge < -0.3 is 34.3 Å². The molecule has 0 amide bonds. The fourth-order valence-electron chi connectivity index (χ4n) is 6.19. The molecule has 2 aliphatic rings. The molecule has 0 saturated heterocycles. The Morgan fingerprint density at radius 3 is 1.98 bits per heavy atom. The first-order valence-corrected chi connectivity index (χ1v) is 14.8. The van der Waals surface area contributed by atoms with Gasteiger partial charge in [0.1, 0.15) is 5.75 Å². The van der Waals surface area contributed by atoms with Crippen LogP contribution in [0.15, 0.2) is 66.9 Å². The van der Waals surface area contributed by atoms with Gasteiger partial charge in [0, 0.05) is 24.3 Å². The smallest absolute Gasteiger partial charge is 0.219 e. The first kappa shape index (κ1) is 28.8. The summed E-state index contributed by atoms with van der Waals surface area (Å²) < 4.78 is 28.4. The molecule has 2 aliphatic heterocycles. The molecule has 0 fully saturated rings. The molecule has 224 valence electrons. The van der Waals surface area contributed by atoms with E-state index in [1.807, 2.05) is 24.4 Å². The molecule has 6 rings (SSSR count). The van der Waals surface area contributed by atoms with Crippen LogP contribution in [-0.4, -0.2) is 46.5 Å². The second kappa shape index (κ2) is 12.9. The summed E-state index contributed by atoms with van der Waals surface area (Å²) in [7, 11) is 6.73. The fraction of sp³-hybridized carbons (Fsp3) is 0.343. The molecule has 8 heteroatoms. The summed E-state index contributed by atoms with van der Waals surface area (Å²) in [4.78, 5) is 4.62. The van der Waals surface area contributed by atoms with Gasteiger partial charge >= 0.3 is 0 Å². The molecular formula is C35H39N3O5. The summed E-state index contributed by atoms with van der Waals surface area (Å²) in [5.74, 6) is 4.26. The number of nitrogens with one attached hydrogen (secondary N) is 2. The van der Waals surface area contributed by atoms with Gasteiger partial charge in [0.25, 0.3) is 0 Å². The molecule has 43 heavy (non-hydrogen) atoms. The van der Waals surface area contributed by atoms with Crippen molar-refractivity contribution in [3.05, 3.63) is 100 Å². The fourth-order valence-corrected chi connectivity index (χ4v) is 6.19. The van der Waals surface area contributed by atoms with Crippen molar-refractivity contribution in [2.45, 2.75) is 37.8 Å². The molecular weight excluding hydrogens is 542 g/mol. The largest absolute Gasteiger partial charge is 0.497 e. The van der Waals surface area contributed by atoms with E-state index in [4.69, 9.17) is 23.7 Å². The maximum Gasteiger partial charge on any atom is 0.219 e. The van der Waals surface area contributed by atoms with Crippen LogP contribution in [0.1, 0.15) is 45.5 Å². The van der Waals surface area contributed by atoms with Gasteiger partial charge in [0.2, 0.25) is 5.88 Å². The first-order chi connectivity index (χ1) is 21.1. The molecule has 3 aromatic carbocycles. The molecule has 0 saturated carbocycles. The Hall–Kier alpha value is -4.27. The topological polar surface area (TPSA) is 83.1 Å². The Bertz CT molecular complexity index is 1570. The number of rotatable bonds is 10. The van der Waals surface area contributed by atoms with Crippen molar-refractivity contribution in [2.24, 2.45) is 0 Å². The number of pyridine rings is 1. The van der Waals surface area contributed by atoms with Crippen LogP contribution in [0.4, 0.5) is 0 Å². The van der Waals surface area contributed by atoms with Crippen molar-refractivity contribution in [3.63, 3.8) is 0 Å². The summed E-state index contributed by atoms with van der Waals surface area (Å²) >= 11 is 0. The van der Waals surface area contributed by atoms with Gasteiger partial charge in [-0.25, -0.2) is 4.98 Å². The minimum atomic E-state index is 0.164. The predicted octanol–water partition coefficient (Wildman–Crippen LogP) is 5.77. The van der Waals surface area contributed by atoms with E-state index in [-0.39, 0.29) is 12.1 Å². The van der Waals surface area contributed by atoms with Gasteiger partial charge in [-0.1, -0.05) is 18.2 Å². The lowest BCUT2D eigenvalue weighted by Gasteiger charge is -2.28. The van der Waals surface area contributed by atoms with Gasteiger partial charge in [0.15, 0.2) is 23.0 Å². The molecule has 3 heterocycles. The van der Waals surface area contributed by atoms with Crippen molar-refractivity contribution >= 4 is 0 Å². The van der Waals surface area contributed by atoms with E-state index in [0.717, 1.165) is 61.6 Å². The highest BCUT2D eigenvalue weighted by Crippen LogP contribution is 2.37. The Morgan fingerprint density at radius 2 is 1.28 bits per heavy atom. The van der Waals surface area contributed by atoms with Crippen molar-refractivity contribution in [2.75, 3.05) is 41.5 Å². The summed E-state index contributed by atoms with van der Waals surface area (Å²) in [6.07, 6.45) is 5.49. The molecule has 4 aromatic rings. The van der Waals surface area contributed by atoms with Gasteiger partial charge in [0.05, 0.1) is 28.4 Å². The average Bonchev–Trinajstić information content (AvgIpc) is 3.05. The van der Waals surface area contributed by atoms with Crippen molar-refractivity contribution < 1.29 is 23.7 Å². The highest BCUT2D eigenvalue weighted by molar-refractivity contribution is 5.50. The maximum absolute atomic E-state index is 6.17. The number of aromatic nitrogens is 1. The van der Waals surface area contributed by atoms with Crippen LogP contribution in [0.25, 0.3) is 0 Å². The minimum Gasteiger partial charge on any atom is -0.497 e. The number of nitrogens with zero attached hydrogens (tertiary/aromatic N) is 1. The molecule has 2 atom stereocenters. The first-order valence-electron chi connectivity index (χ1n) is 14.8. The van der Waals surface area contributed by atoms with E-state index in [0.29, 0.717) is 17.4 Å². The zero-order valence-corrected chi connectivity index (χ0v) is 25.2. The Morgan fingerprint density at radius 1 is 0.628 bits per heavy atom. The molecule has 0 aliphatic carbocycles. The van der Waals surface area contributed by atoms with Crippen molar-refractivity contribution in [1.29, 1.82) is 0 Å². The van der Waals surface area contributed by atoms with E-state index in [1.165, 1.54) is 27.8 Å². The third-order valence-corrected chi connectivity index (χ3v) is 8.44. The van der Waals surface area contributed by atoms with Crippen LogP contribution < -0.4 is 34.3 Å². The number of hydrogen-bond acceptors (Lipinski definition) is 8. The third kappa shape index (κ3) is 6.26. The second-order valence-electron chi connectivity index (χ2n) is 11.0. The number of methoxy groups -OCH3 is 4. The summed E-state index contributed by atoms with van der Waals surface area (Å²) in [6, 6.07) is 21.0. The average molecular weight is 582 g/mol. The molecule has 8 nitrogen and oxygen atoms in total. The second-order valence-corrected chi connectivity index (χ2v) is 11.0. The lowest BCUT2D eigenvalue weighted by atomic mass is 9.90. The quantitative estimate of drug-likeness (QED) is 0.244. The Kier molecular flexibility index (Phi) is 8.67. The van der Waals surface area contributed by atoms with Gasteiger partial charge in [-0.05, 0) is 109 Å². The van der Waals surface area contributed by atoms with Crippen LogP contribution in [0, 0.1) is 0 Å². The SMILES string of the molecule is COc1ccc2c(c1)CCN[C@@H]2Cc1ccc(Oc2ccc(C[C@H]3NCCc4cc(OC)c(OC)cc43)cn2)c(OC)c1. The van der Waals surface area contributed by atoms with Gasteiger partial charge in [-0.15, -0.1) is 0 Å². The Balaban J connectivity index is 1.13. The van der Waals surface area contributed by atoms with Crippen LogP contribution in [0.2, 0.25) is 0 Å². The number of fused-ring (bicyclic) bond motifs is 2. The van der Waals surface area contributed by atoms with Crippen LogP contribution in [-0.2, 0) is 25.7 Å². The minimum absolute atomic E-state index is 0.164. The normalized spacial score (nSPS) is 17.4. The number of ether oxygens (including phenoxy) is 5. The monoisotopic (exact) mass is 581 g/mol. The zero-order chi connectivity index (χ0) is 29.8. The number of hydrogen-bond donors (Lipinski definition) is 2. The van der Waals surface area contributed by atoms with Crippen molar-refractivity contribution in [1.82, 2.24) is 15.6 Å². The standard InChI is InChI=1S/C35H39N3O5/c1-39-26-7-8-27-24(18-26)11-13-36-29(27)15-22-5-9-31(32(17-22)40-2)43-35-10-6-23(21-38-35)16-30-28-20-34(42-4)33(41-3)19-25(28)12-14-37-30/h5-10,17-21,29-30,36-37H,11-16H2,1-4H3/t29-,30-/m1/s1. The summed E-state index contributed by atoms with van der Waals surface area (Å²) in [5.41, 5.74) is 7.47. The summed E-state index contributed by atoms with van der Waals surface area (Å²) in [5, 5.41) is 7.31. The zero-order valence-electron chi connectivity index (χ0n) is 25.2. The highest BCUT2D eigenvalue weighted by Gasteiger charge is 2.24. The molecule has 2 N–H and O–H groups in total. The Labute approximate surface area is 253 Å². The molecule has 0 unspecified atom stereocenters. The molecule has 1 aromatic heterocycles.